The number of anilines is 1. The van der Waals surface area contributed by atoms with E-state index in [-0.39, 0.29) is 18.1 Å². The molecule has 3 aromatic rings. The largest absolute Gasteiger partial charge is 0.510 e. The van der Waals surface area contributed by atoms with Gasteiger partial charge in [-0.2, -0.15) is 0 Å². The lowest BCUT2D eigenvalue weighted by Gasteiger charge is -2.18. The van der Waals surface area contributed by atoms with Crippen LogP contribution in [0.1, 0.15) is 15.4 Å². The Kier molecular flexibility index (Phi) is 4.51. The number of carbonyl (C=O) groups is 1. The molecule has 136 valence electrons. The Hall–Kier alpha value is -2.97. The molecule has 1 aliphatic rings. The fourth-order valence-corrected chi connectivity index (χ4v) is 4.49. The number of aliphatic hydroxyl groups excluding tert-OH is 1. The van der Waals surface area contributed by atoms with Gasteiger partial charge in [-0.05, 0) is 35.7 Å². The molecule has 2 N–H and O–H groups in total. The Bertz CT molecular complexity index is 1040. The third-order valence-corrected chi connectivity index (χ3v) is 5.95. The first-order chi connectivity index (χ1) is 13.1. The molecule has 1 aromatic carbocycles. The fourth-order valence-electron chi connectivity index (χ4n) is 2.85. The number of hydrogen-bond acceptors (Lipinski definition) is 7. The van der Waals surface area contributed by atoms with Crippen molar-refractivity contribution in [3.05, 3.63) is 63.5 Å². The molecule has 2 aromatic heterocycles. The van der Waals surface area contributed by atoms with Gasteiger partial charge in [-0.15, -0.1) is 22.7 Å². The Morgan fingerprint density at radius 2 is 2.04 bits per heavy atom. The van der Waals surface area contributed by atoms with Crippen LogP contribution in [0.2, 0.25) is 0 Å². The van der Waals surface area contributed by atoms with E-state index >= 15 is 0 Å². The van der Waals surface area contributed by atoms with Gasteiger partial charge in [-0.25, -0.2) is 9.78 Å². The monoisotopic (exact) mass is 397 g/mol. The molecule has 4 rings (SSSR count). The number of esters is 1. The normalized spacial score (nSPS) is 14.1. The van der Waals surface area contributed by atoms with Crippen LogP contribution in [0.3, 0.4) is 0 Å². The molecule has 0 radical (unpaired) electrons. The number of thiophene rings is 1. The SMILES string of the molecule is COC(=O)c1ccc(N2CC(O)=C(c3nc(-c4cccs4)cs3)C2=N)cc1. The number of benzene rings is 1. The Morgan fingerprint density at radius 1 is 1.26 bits per heavy atom. The van der Waals surface area contributed by atoms with Crippen LogP contribution in [-0.2, 0) is 4.74 Å². The number of nitrogens with one attached hydrogen (secondary N) is 1. The number of ether oxygens (including phenoxy) is 1. The molecule has 0 bridgehead atoms. The zero-order chi connectivity index (χ0) is 19.0. The molecule has 8 heteroatoms. The summed E-state index contributed by atoms with van der Waals surface area (Å²) in [6.45, 7) is 0.194. The molecule has 0 unspecified atom stereocenters. The third kappa shape index (κ3) is 3.13. The van der Waals surface area contributed by atoms with E-state index < -0.39 is 5.97 Å². The number of carbonyl (C=O) groups excluding carboxylic acids is 1. The number of aliphatic hydroxyl groups is 1. The maximum atomic E-state index is 11.6. The molecule has 3 heterocycles. The predicted octanol–water partition coefficient (Wildman–Crippen LogP) is 4.42. The maximum absolute atomic E-state index is 11.6. The molecule has 0 amide bonds. The van der Waals surface area contributed by atoms with Crippen molar-refractivity contribution in [2.45, 2.75) is 0 Å². The van der Waals surface area contributed by atoms with Crippen molar-refractivity contribution in [2.24, 2.45) is 0 Å². The molecule has 0 fully saturated rings. The smallest absolute Gasteiger partial charge is 0.337 e. The Labute approximate surface area is 163 Å². The molecular weight excluding hydrogens is 382 g/mol. The summed E-state index contributed by atoms with van der Waals surface area (Å²) in [5.41, 5.74) is 2.44. The van der Waals surface area contributed by atoms with Crippen LogP contribution in [0.15, 0.2) is 52.9 Å². The minimum atomic E-state index is -0.413. The van der Waals surface area contributed by atoms with Crippen molar-refractivity contribution in [3.63, 3.8) is 0 Å². The Morgan fingerprint density at radius 3 is 2.70 bits per heavy atom. The van der Waals surface area contributed by atoms with Crippen LogP contribution < -0.4 is 4.90 Å². The highest BCUT2D eigenvalue weighted by atomic mass is 32.1. The van der Waals surface area contributed by atoms with E-state index in [1.54, 1.807) is 40.5 Å². The highest BCUT2D eigenvalue weighted by Crippen LogP contribution is 2.35. The van der Waals surface area contributed by atoms with Crippen LogP contribution in [-0.4, -0.2) is 35.5 Å². The zero-order valence-electron chi connectivity index (χ0n) is 14.3. The van der Waals surface area contributed by atoms with Gasteiger partial charge >= 0.3 is 5.97 Å². The lowest BCUT2D eigenvalue weighted by atomic mass is 10.2. The first kappa shape index (κ1) is 17.4. The molecule has 0 aliphatic carbocycles. The number of thiazole rings is 1. The first-order valence-corrected chi connectivity index (χ1v) is 9.81. The summed E-state index contributed by atoms with van der Waals surface area (Å²) in [7, 11) is 1.33. The highest BCUT2D eigenvalue weighted by molar-refractivity contribution is 7.14. The lowest BCUT2D eigenvalue weighted by molar-refractivity contribution is 0.0601. The number of rotatable bonds is 4. The number of amidine groups is 1. The average molecular weight is 397 g/mol. The van der Waals surface area contributed by atoms with Crippen LogP contribution in [0.25, 0.3) is 16.1 Å². The van der Waals surface area contributed by atoms with E-state index in [0.717, 1.165) is 10.6 Å². The summed E-state index contributed by atoms with van der Waals surface area (Å²) in [4.78, 5) is 18.9. The van der Waals surface area contributed by atoms with E-state index in [0.29, 0.717) is 21.8 Å². The van der Waals surface area contributed by atoms with Crippen molar-refractivity contribution in [1.82, 2.24) is 4.98 Å². The van der Waals surface area contributed by atoms with Crippen molar-refractivity contribution in [3.8, 4) is 10.6 Å². The summed E-state index contributed by atoms with van der Waals surface area (Å²) < 4.78 is 4.70. The van der Waals surface area contributed by atoms with Crippen molar-refractivity contribution in [1.29, 1.82) is 5.41 Å². The number of nitrogens with zero attached hydrogens (tertiary/aromatic N) is 2. The number of aromatic nitrogens is 1. The van der Waals surface area contributed by atoms with Crippen LogP contribution in [0.4, 0.5) is 5.69 Å². The van der Waals surface area contributed by atoms with Gasteiger partial charge < -0.3 is 14.7 Å². The van der Waals surface area contributed by atoms with Crippen molar-refractivity contribution >= 4 is 45.7 Å². The highest BCUT2D eigenvalue weighted by Gasteiger charge is 2.31. The second kappa shape index (κ2) is 6.98. The third-order valence-electron chi connectivity index (χ3n) is 4.19. The van der Waals surface area contributed by atoms with Crippen molar-refractivity contribution in [2.75, 3.05) is 18.6 Å². The summed E-state index contributed by atoms with van der Waals surface area (Å²) in [5.74, 6) is -0.113. The molecule has 0 saturated carbocycles. The van der Waals surface area contributed by atoms with Gasteiger partial charge in [0.2, 0.25) is 0 Å². The lowest BCUT2D eigenvalue weighted by Crippen LogP contribution is -2.26. The topological polar surface area (TPSA) is 86.5 Å². The van der Waals surface area contributed by atoms with Crippen LogP contribution in [0.5, 0.6) is 0 Å². The van der Waals surface area contributed by atoms with Gasteiger partial charge in [-0.1, -0.05) is 6.07 Å². The van der Waals surface area contributed by atoms with Gasteiger partial charge in [0.25, 0.3) is 0 Å². The maximum Gasteiger partial charge on any atom is 0.337 e. The van der Waals surface area contributed by atoms with E-state index in [4.69, 9.17) is 10.1 Å². The quantitative estimate of drug-likeness (QED) is 0.636. The van der Waals surface area contributed by atoms with E-state index in [2.05, 4.69) is 4.98 Å². The molecule has 27 heavy (non-hydrogen) atoms. The van der Waals surface area contributed by atoms with Gasteiger partial charge in [0.15, 0.2) is 0 Å². The molecular formula is C19H15N3O3S2. The fraction of sp³-hybridized carbons (Fsp3) is 0.105. The van der Waals surface area contributed by atoms with Gasteiger partial charge in [-0.3, -0.25) is 5.41 Å². The first-order valence-electron chi connectivity index (χ1n) is 8.05. The summed E-state index contributed by atoms with van der Waals surface area (Å²) >= 11 is 3.01. The van der Waals surface area contributed by atoms with Crippen LogP contribution >= 0.6 is 22.7 Å². The van der Waals surface area contributed by atoms with Crippen molar-refractivity contribution < 1.29 is 14.6 Å². The van der Waals surface area contributed by atoms with E-state index in [1.807, 2.05) is 22.9 Å². The van der Waals surface area contributed by atoms with Gasteiger partial charge in [0.1, 0.15) is 16.6 Å². The summed E-state index contributed by atoms with van der Waals surface area (Å²) in [5, 5.41) is 23.5. The molecule has 6 nitrogen and oxygen atoms in total. The molecule has 0 spiro atoms. The number of hydrogen-bond donors (Lipinski definition) is 2. The average Bonchev–Trinajstić information content (AvgIpc) is 3.41. The minimum Gasteiger partial charge on any atom is -0.510 e. The van der Waals surface area contributed by atoms with Gasteiger partial charge in [0, 0.05) is 11.1 Å². The van der Waals surface area contributed by atoms with E-state index in [9.17, 15) is 9.90 Å². The Balaban J connectivity index is 1.59. The predicted molar refractivity (Wildman–Crippen MR) is 108 cm³/mol. The van der Waals surface area contributed by atoms with Gasteiger partial charge in [0.05, 0.1) is 35.4 Å². The standard InChI is InChI=1S/C19H15N3O3S2/c1-25-19(24)11-4-6-12(7-5-11)22-9-14(23)16(17(22)20)18-21-13(10-27-18)15-3-2-8-26-15/h2-8,10,20,23H,9H2,1H3. The number of methoxy groups -OCH3 is 1. The summed E-state index contributed by atoms with van der Waals surface area (Å²) in [6.07, 6.45) is 0. The van der Waals surface area contributed by atoms with Crippen LogP contribution in [0, 0.1) is 5.41 Å². The minimum absolute atomic E-state index is 0.115. The zero-order valence-corrected chi connectivity index (χ0v) is 15.9. The second-order valence-electron chi connectivity index (χ2n) is 5.81. The second-order valence-corrected chi connectivity index (χ2v) is 7.62. The molecule has 0 saturated heterocycles. The van der Waals surface area contributed by atoms with E-state index in [1.165, 1.54) is 18.4 Å². The molecule has 0 atom stereocenters. The summed E-state index contributed by atoms with van der Waals surface area (Å²) in [6, 6.07) is 10.7. The molecule has 1 aliphatic heterocycles.